The molecule has 0 aromatic heterocycles. The van der Waals surface area contributed by atoms with Gasteiger partial charge in [-0.15, -0.1) is 0 Å². The number of ether oxygens (including phenoxy) is 2. The van der Waals surface area contributed by atoms with Crippen molar-refractivity contribution in [2.24, 2.45) is 11.8 Å². The highest BCUT2D eigenvalue weighted by atomic mass is 19.1. The van der Waals surface area contributed by atoms with E-state index in [9.17, 15) is 9.18 Å². The van der Waals surface area contributed by atoms with E-state index in [1.165, 1.54) is 19.2 Å². The van der Waals surface area contributed by atoms with Crippen LogP contribution >= 0.6 is 0 Å². The number of halogens is 1. The van der Waals surface area contributed by atoms with E-state index in [0.717, 1.165) is 0 Å². The van der Waals surface area contributed by atoms with Crippen LogP contribution in [0, 0.1) is 17.7 Å². The molecule has 0 aliphatic rings. The standard InChI is InChI=1S/C14H19FO3/c1-10(2)7-11(14(16)17-3)9-18-13-6-4-5-12(15)8-13/h4-6,8,10-11H,7,9H2,1-3H3. The Bertz CT molecular complexity index is 390. The Morgan fingerprint density at radius 2 is 2.11 bits per heavy atom. The molecule has 0 fully saturated rings. The van der Waals surface area contributed by atoms with E-state index in [4.69, 9.17) is 9.47 Å². The van der Waals surface area contributed by atoms with Crippen molar-refractivity contribution in [3.8, 4) is 5.75 Å². The van der Waals surface area contributed by atoms with Crippen molar-refractivity contribution in [3.05, 3.63) is 30.1 Å². The molecule has 3 nitrogen and oxygen atoms in total. The monoisotopic (exact) mass is 254 g/mol. The van der Waals surface area contributed by atoms with E-state index in [0.29, 0.717) is 18.1 Å². The van der Waals surface area contributed by atoms with E-state index < -0.39 is 0 Å². The normalized spacial score (nSPS) is 12.3. The molecule has 1 aromatic rings. The van der Waals surface area contributed by atoms with Gasteiger partial charge < -0.3 is 9.47 Å². The number of carbonyl (C=O) groups is 1. The Morgan fingerprint density at radius 3 is 2.67 bits per heavy atom. The summed E-state index contributed by atoms with van der Waals surface area (Å²) in [6.07, 6.45) is 0.683. The summed E-state index contributed by atoms with van der Waals surface area (Å²) in [5.41, 5.74) is 0. The summed E-state index contributed by atoms with van der Waals surface area (Å²) < 4.78 is 23.1. The molecule has 0 spiro atoms. The second-order valence-corrected chi connectivity index (χ2v) is 4.62. The third-order valence-corrected chi connectivity index (χ3v) is 2.54. The molecule has 0 aliphatic heterocycles. The summed E-state index contributed by atoms with van der Waals surface area (Å²) in [4.78, 5) is 11.6. The zero-order chi connectivity index (χ0) is 13.5. The molecule has 100 valence electrons. The SMILES string of the molecule is COC(=O)C(COc1cccc(F)c1)CC(C)C. The molecule has 0 aliphatic carbocycles. The molecule has 1 rings (SSSR count). The first-order chi connectivity index (χ1) is 8.52. The van der Waals surface area contributed by atoms with E-state index >= 15 is 0 Å². The van der Waals surface area contributed by atoms with Crippen LogP contribution in [0.4, 0.5) is 4.39 Å². The van der Waals surface area contributed by atoms with Gasteiger partial charge in [0, 0.05) is 6.07 Å². The van der Waals surface area contributed by atoms with Gasteiger partial charge in [0.1, 0.15) is 18.2 Å². The summed E-state index contributed by atoms with van der Waals surface area (Å²) in [5.74, 6) is -0.179. The van der Waals surface area contributed by atoms with Crippen LogP contribution in [0.2, 0.25) is 0 Å². The number of methoxy groups -OCH3 is 1. The average Bonchev–Trinajstić information content (AvgIpc) is 2.33. The Balaban J connectivity index is 2.58. The van der Waals surface area contributed by atoms with Crippen molar-refractivity contribution in [2.75, 3.05) is 13.7 Å². The predicted octanol–water partition coefficient (Wildman–Crippen LogP) is 3.04. The van der Waals surface area contributed by atoms with Crippen molar-refractivity contribution < 1.29 is 18.7 Å². The summed E-state index contributed by atoms with van der Waals surface area (Å²) in [6, 6.07) is 5.87. The van der Waals surface area contributed by atoms with E-state index in [1.807, 2.05) is 13.8 Å². The maximum Gasteiger partial charge on any atom is 0.312 e. The lowest BCUT2D eigenvalue weighted by atomic mass is 9.98. The van der Waals surface area contributed by atoms with Gasteiger partial charge in [0.05, 0.1) is 13.0 Å². The maximum absolute atomic E-state index is 13.0. The minimum Gasteiger partial charge on any atom is -0.493 e. The van der Waals surface area contributed by atoms with Crippen LogP contribution in [0.5, 0.6) is 5.75 Å². The first-order valence-corrected chi connectivity index (χ1v) is 5.99. The Hall–Kier alpha value is -1.58. The fourth-order valence-corrected chi connectivity index (χ4v) is 1.72. The molecule has 18 heavy (non-hydrogen) atoms. The van der Waals surface area contributed by atoms with Crippen LogP contribution in [0.3, 0.4) is 0 Å². The van der Waals surface area contributed by atoms with Gasteiger partial charge in [-0.05, 0) is 24.5 Å². The van der Waals surface area contributed by atoms with Gasteiger partial charge in [0.2, 0.25) is 0 Å². The highest BCUT2D eigenvalue weighted by Crippen LogP contribution is 2.17. The van der Waals surface area contributed by atoms with Crippen LogP contribution in [0.1, 0.15) is 20.3 Å². The third kappa shape index (κ3) is 4.73. The Morgan fingerprint density at radius 1 is 1.39 bits per heavy atom. The molecular weight excluding hydrogens is 235 g/mol. The minimum atomic E-state index is -0.356. The molecule has 0 radical (unpaired) electrons. The molecule has 0 saturated carbocycles. The van der Waals surface area contributed by atoms with Crippen molar-refractivity contribution in [3.63, 3.8) is 0 Å². The van der Waals surface area contributed by atoms with Crippen LogP contribution in [-0.4, -0.2) is 19.7 Å². The molecule has 0 amide bonds. The fraction of sp³-hybridized carbons (Fsp3) is 0.500. The highest BCUT2D eigenvalue weighted by Gasteiger charge is 2.21. The number of hydrogen-bond donors (Lipinski definition) is 0. The van der Waals surface area contributed by atoms with Gasteiger partial charge in [-0.2, -0.15) is 0 Å². The van der Waals surface area contributed by atoms with Gasteiger partial charge in [-0.1, -0.05) is 19.9 Å². The summed E-state index contributed by atoms with van der Waals surface area (Å²) in [5, 5.41) is 0. The van der Waals surface area contributed by atoms with E-state index in [-0.39, 0.29) is 24.3 Å². The zero-order valence-electron chi connectivity index (χ0n) is 11.0. The van der Waals surface area contributed by atoms with Crippen LogP contribution in [0.15, 0.2) is 24.3 Å². The minimum absolute atomic E-state index is 0.203. The molecule has 0 heterocycles. The zero-order valence-corrected chi connectivity index (χ0v) is 11.0. The molecular formula is C14H19FO3. The van der Waals surface area contributed by atoms with Gasteiger partial charge in [0.15, 0.2) is 0 Å². The summed E-state index contributed by atoms with van der Waals surface area (Å²) in [6.45, 7) is 4.25. The lowest BCUT2D eigenvalue weighted by Crippen LogP contribution is -2.24. The van der Waals surface area contributed by atoms with Crippen LogP contribution in [0.25, 0.3) is 0 Å². The molecule has 1 unspecified atom stereocenters. The summed E-state index contributed by atoms with van der Waals surface area (Å²) in [7, 11) is 1.36. The van der Waals surface area contributed by atoms with Crippen molar-refractivity contribution in [1.82, 2.24) is 0 Å². The molecule has 0 N–H and O–H groups in total. The Labute approximate surface area is 107 Å². The van der Waals surface area contributed by atoms with Crippen molar-refractivity contribution in [1.29, 1.82) is 0 Å². The smallest absolute Gasteiger partial charge is 0.312 e. The highest BCUT2D eigenvalue weighted by molar-refractivity contribution is 5.72. The Kier molecular flexibility index (Phi) is 5.62. The molecule has 4 heteroatoms. The quantitative estimate of drug-likeness (QED) is 0.732. The third-order valence-electron chi connectivity index (χ3n) is 2.54. The molecule has 0 saturated heterocycles. The number of hydrogen-bond acceptors (Lipinski definition) is 3. The van der Waals surface area contributed by atoms with Crippen LogP contribution < -0.4 is 4.74 Å². The first-order valence-electron chi connectivity index (χ1n) is 5.99. The van der Waals surface area contributed by atoms with Gasteiger partial charge in [0.25, 0.3) is 0 Å². The van der Waals surface area contributed by atoms with Crippen molar-refractivity contribution in [2.45, 2.75) is 20.3 Å². The predicted molar refractivity (Wildman–Crippen MR) is 66.9 cm³/mol. The molecule has 0 bridgehead atoms. The lowest BCUT2D eigenvalue weighted by Gasteiger charge is -2.17. The van der Waals surface area contributed by atoms with E-state index in [1.54, 1.807) is 12.1 Å². The molecule has 1 aromatic carbocycles. The number of carbonyl (C=O) groups excluding carboxylic acids is 1. The summed E-state index contributed by atoms with van der Waals surface area (Å²) >= 11 is 0. The second-order valence-electron chi connectivity index (χ2n) is 4.62. The topological polar surface area (TPSA) is 35.5 Å². The number of benzene rings is 1. The van der Waals surface area contributed by atoms with Gasteiger partial charge in [-0.3, -0.25) is 4.79 Å². The number of rotatable bonds is 6. The lowest BCUT2D eigenvalue weighted by molar-refractivity contribution is -0.147. The average molecular weight is 254 g/mol. The second kappa shape index (κ2) is 6.99. The van der Waals surface area contributed by atoms with E-state index in [2.05, 4.69) is 0 Å². The van der Waals surface area contributed by atoms with Crippen LogP contribution in [-0.2, 0) is 9.53 Å². The maximum atomic E-state index is 13.0. The first kappa shape index (κ1) is 14.5. The van der Waals surface area contributed by atoms with Gasteiger partial charge in [-0.25, -0.2) is 4.39 Å². The van der Waals surface area contributed by atoms with Crippen molar-refractivity contribution >= 4 is 5.97 Å². The largest absolute Gasteiger partial charge is 0.493 e. The fourth-order valence-electron chi connectivity index (χ4n) is 1.72. The van der Waals surface area contributed by atoms with Gasteiger partial charge >= 0.3 is 5.97 Å². The molecule has 1 atom stereocenters. The number of esters is 1.